The molecule has 39 heavy (non-hydrogen) atoms. The highest BCUT2D eigenvalue weighted by molar-refractivity contribution is 6.33. The number of carboxylic acid groups (broad SMARTS) is 1. The second kappa shape index (κ2) is 12.3. The molecule has 214 valence electrons. The van der Waals surface area contributed by atoms with Gasteiger partial charge in [0, 0.05) is 17.5 Å². The molecule has 1 saturated heterocycles. The van der Waals surface area contributed by atoms with Gasteiger partial charge in [0.2, 0.25) is 0 Å². The Balaban J connectivity index is 0.000000532. The standard InChI is InChI=1S/C25H32ClN3O3.C2HF3O2/c1-16-5-7-19(26)20(13-16)28-24(30)27-18-9-10-25(11-12-29(2)23(25)15-18)17-6-8-21(31-3)22(14-17)32-4;3-2(4,5)1(6)7/h5-8,13-14,18,23H,9-12,15H2,1-4H3,(H2,27,28,30);(H,6,7)/t18-,23+,25+;/m1./s1. The minimum absolute atomic E-state index is 0.0583. The molecule has 0 bridgehead atoms. The third-order valence-corrected chi connectivity index (χ3v) is 7.76. The lowest BCUT2D eigenvalue weighted by molar-refractivity contribution is -0.192. The number of halogens is 4. The Hall–Kier alpha value is -3.18. The van der Waals surface area contributed by atoms with E-state index in [1.165, 1.54) is 5.56 Å². The number of carbonyl (C=O) groups is 2. The zero-order chi connectivity index (χ0) is 29.0. The Morgan fingerprint density at radius 3 is 2.38 bits per heavy atom. The first-order valence-electron chi connectivity index (χ1n) is 12.4. The molecular weight excluding hydrogens is 539 g/mol. The Labute approximate surface area is 230 Å². The van der Waals surface area contributed by atoms with E-state index in [0.29, 0.717) is 16.8 Å². The van der Waals surface area contributed by atoms with E-state index in [-0.39, 0.29) is 17.5 Å². The predicted molar refractivity (Wildman–Crippen MR) is 142 cm³/mol. The second-order valence-corrected chi connectivity index (χ2v) is 10.2. The zero-order valence-electron chi connectivity index (χ0n) is 22.2. The summed E-state index contributed by atoms with van der Waals surface area (Å²) in [5.74, 6) is -1.24. The van der Waals surface area contributed by atoms with Gasteiger partial charge in [-0.2, -0.15) is 13.2 Å². The molecule has 2 aromatic carbocycles. The molecule has 2 fully saturated rings. The van der Waals surface area contributed by atoms with Gasteiger partial charge >= 0.3 is 18.2 Å². The Bertz CT molecular complexity index is 1200. The number of aryl methyl sites for hydroxylation is 1. The van der Waals surface area contributed by atoms with E-state index in [0.717, 1.165) is 49.3 Å². The Morgan fingerprint density at radius 1 is 1.10 bits per heavy atom. The number of aliphatic carboxylic acids is 1. The molecule has 8 nitrogen and oxygen atoms in total. The van der Waals surface area contributed by atoms with Gasteiger partial charge in [-0.15, -0.1) is 0 Å². The minimum Gasteiger partial charge on any atom is -0.493 e. The number of ether oxygens (including phenoxy) is 2. The van der Waals surface area contributed by atoms with Gasteiger partial charge in [0.1, 0.15) is 0 Å². The monoisotopic (exact) mass is 571 g/mol. The molecule has 3 atom stereocenters. The number of nitrogens with one attached hydrogen (secondary N) is 2. The molecule has 1 heterocycles. The highest BCUT2D eigenvalue weighted by Crippen LogP contribution is 2.49. The van der Waals surface area contributed by atoms with Crippen LogP contribution in [0.15, 0.2) is 36.4 Å². The fourth-order valence-electron chi connectivity index (χ4n) is 5.47. The van der Waals surface area contributed by atoms with Crippen LogP contribution >= 0.6 is 11.6 Å². The SMILES string of the molecule is COc1ccc([C@@]23CC[C@@H](NC(=O)Nc4cc(C)ccc4Cl)C[C@@H]2N(C)CC3)cc1OC.O=C(O)C(F)(F)F. The maximum absolute atomic E-state index is 12.7. The van der Waals surface area contributed by atoms with Crippen LogP contribution in [0.1, 0.15) is 36.8 Å². The fraction of sp³-hybridized carbons (Fsp3) is 0.481. The number of carbonyl (C=O) groups excluding carboxylic acids is 1. The number of anilines is 1. The van der Waals surface area contributed by atoms with E-state index in [1.54, 1.807) is 20.3 Å². The minimum atomic E-state index is -5.08. The van der Waals surface area contributed by atoms with Crippen molar-refractivity contribution in [1.29, 1.82) is 0 Å². The number of nitrogens with zero attached hydrogens (tertiary/aromatic N) is 1. The van der Waals surface area contributed by atoms with E-state index in [9.17, 15) is 18.0 Å². The van der Waals surface area contributed by atoms with Crippen LogP contribution in [0.4, 0.5) is 23.7 Å². The summed E-state index contributed by atoms with van der Waals surface area (Å²) in [6, 6.07) is 12.2. The smallest absolute Gasteiger partial charge is 0.490 e. The van der Waals surface area contributed by atoms with Crippen LogP contribution < -0.4 is 20.1 Å². The summed E-state index contributed by atoms with van der Waals surface area (Å²) in [5.41, 5.74) is 3.04. The van der Waals surface area contributed by atoms with Crippen molar-refractivity contribution in [1.82, 2.24) is 10.2 Å². The number of hydrogen-bond acceptors (Lipinski definition) is 5. The number of carboxylic acids is 1. The Morgan fingerprint density at radius 2 is 1.77 bits per heavy atom. The molecule has 2 amide bonds. The molecule has 4 rings (SSSR count). The van der Waals surface area contributed by atoms with Gasteiger partial charge in [0.15, 0.2) is 11.5 Å². The average molecular weight is 572 g/mol. The number of hydrogen-bond donors (Lipinski definition) is 3. The number of amides is 2. The predicted octanol–water partition coefficient (Wildman–Crippen LogP) is 5.62. The van der Waals surface area contributed by atoms with Gasteiger partial charge in [0.05, 0.1) is 24.9 Å². The van der Waals surface area contributed by atoms with Crippen LogP contribution in [-0.2, 0) is 10.2 Å². The molecule has 0 radical (unpaired) electrons. The second-order valence-electron chi connectivity index (χ2n) is 9.83. The lowest BCUT2D eigenvalue weighted by Crippen LogP contribution is -2.52. The molecule has 0 spiro atoms. The van der Waals surface area contributed by atoms with Gasteiger partial charge in [0.25, 0.3) is 0 Å². The van der Waals surface area contributed by atoms with Crippen molar-refractivity contribution in [2.24, 2.45) is 0 Å². The van der Waals surface area contributed by atoms with Crippen molar-refractivity contribution >= 4 is 29.3 Å². The van der Waals surface area contributed by atoms with Crippen LogP contribution in [-0.4, -0.2) is 68.1 Å². The highest BCUT2D eigenvalue weighted by atomic mass is 35.5. The molecule has 1 aliphatic heterocycles. The number of rotatable bonds is 5. The van der Waals surface area contributed by atoms with E-state index in [2.05, 4.69) is 34.7 Å². The largest absolute Gasteiger partial charge is 0.493 e. The number of benzene rings is 2. The van der Waals surface area contributed by atoms with E-state index in [4.69, 9.17) is 31.0 Å². The highest BCUT2D eigenvalue weighted by Gasteiger charge is 2.50. The third-order valence-electron chi connectivity index (χ3n) is 7.43. The lowest BCUT2D eigenvalue weighted by atomic mass is 9.65. The number of likely N-dealkylation sites (tertiary alicyclic amines) is 1. The van der Waals surface area contributed by atoms with E-state index < -0.39 is 12.1 Å². The van der Waals surface area contributed by atoms with E-state index >= 15 is 0 Å². The van der Waals surface area contributed by atoms with Gasteiger partial charge in [-0.3, -0.25) is 0 Å². The molecule has 2 aliphatic rings. The van der Waals surface area contributed by atoms with Gasteiger partial charge in [-0.25, -0.2) is 9.59 Å². The normalized spacial score (nSPS) is 22.7. The van der Waals surface area contributed by atoms with Crippen molar-refractivity contribution in [3.8, 4) is 11.5 Å². The molecule has 3 N–H and O–H groups in total. The van der Waals surface area contributed by atoms with Crippen molar-refractivity contribution in [3.63, 3.8) is 0 Å². The summed E-state index contributed by atoms with van der Waals surface area (Å²) < 4.78 is 42.7. The molecule has 12 heteroatoms. The summed E-state index contributed by atoms with van der Waals surface area (Å²) >= 11 is 6.24. The molecule has 2 aromatic rings. The number of urea groups is 1. The summed E-state index contributed by atoms with van der Waals surface area (Å²) in [6.07, 6.45) is -1.15. The Kier molecular flexibility index (Phi) is 9.60. The van der Waals surface area contributed by atoms with Crippen molar-refractivity contribution in [3.05, 3.63) is 52.5 Å². The molecular formula is C27H33ClF3N3O5. The van der Waals surface area contributed by atoms with E-state index in [1.807, 2.05) is 25.1 Å². The van der Waals surface area contributed by atoms with Crippen molar-refractivity contribution in [2.75, 3.05) is 33.1 Å². The first kappa shape index (κ1) is 30.4. The number of alkyl halides is 3. The topological polar surface area (TPSA) is 100 Å². The van der Waals surface area contributed by atoms with Crippen LogP contribution in [0.25, 0.3) is 0 Å². The van der Waals surface area contributed by atoms with Crippen LogP contribution in [0.3, 0.4) is 0 Å². The summed E-state index contributed by atoms with van der Waals surface area (Å²) in [4.78, 5) is 24.0. The number of fused-ring (bicyclic) bond motifs is 1. The fourth-order valence-corrected chi connectivity index (χ4v) is 5.64. The first-order chi connectivity index (χ1) is 18.3. The molecule has 1 aliphatic carbocycles. The number of likely N-dealkylation sites (N-methyl/N-ethyl adjacent to an activating group) is 1. The van der Waals surface area contributed by atoms with Crippen molar-refractivity contribution in [2.45, 2.75) is 56.3 Å². The van der Waals surface area contributed by atoms with Crippen LogP contribution in [0.2, 0.25) is 5.02 Å². The van der Waals surface area contributed by atoms with Crippen molar-refractivity contribution < 1.29 is 37.3 Å². The van der Waals surface area contributed by atoms with Crippen LogP contribution in [0.5, 0.6) is 11.5 Å². The lowest BCUT2D eigenvalue weighted by Gasteiger charge is -2.45. The maximum atomic E-state index is 12.7. The summed E-state index contributed by atoms with van der Waals surface area (Å²) in [6.45, 7) is 3.01. The quantitative estimate of drug-likeness (QED) is 0.431. The molecule has 0 aromatic heterocycles. The summed E-state index contributed by atoms with van der Waals surface area (Å²) in [7, 11) is 5.52. The first-order valence-corrected chi connectivity index (χ1v) is 12.7. The van der Waals surface area contributed by atoms with Gasteiger partial charge in [-0.1, -0.05) is 23.7 Å². The number of methoxy groups -OCH3 is 2. The third kappa shape index (κ3) is 7.07. The average Bonchev–Trinajstić information content (AvgIpc) is 3.22. The summed E-state index contributed by atoms with van der Waals surface area (Å²) in [5, 5.41) is 13.8. The molecule has 1 saturated carbocycles. The molecule has 0 unspecified atom stereocenters. The van der Waals surface area contributed by atoms with Gasteiger partial charge in [-0.05, 0) is 81.6 Å². The van der Waals surface area contributed by atoms with Gasteiger partial charge < -0.3 is 30.1 Å². The zero-order valence-corrected chi connectivity index (χ0v) is 22.9. The maximum Gasteiger partial charge on any atom is 0.490 e. The van der Waals surface area contributed by atoms with Crippen LogP contribution in [0, 0.1) is 6.92 Å².